The Balaban J connectivity index is 1.65. The second-order valence-corrected chi connectivity index (χ2v) is 8.30. The predicted octanol–water partition coefficient (Wildman–Crippen LogP) is 4.55. The molecule has 1 atom stereocenters. The fourth-order valence-electron chi connectivity index (χ4n) is 3.88. The Labute approximate surface area is 193 Å². The van der Waals surface area contributed by atoms with E-state index in [1.165, 1.54) is 6.07 Å². The van der Waals surface area contributed by atoms with Gasteiger partial charge in [-0.05, 0) is 25.0 Å². The Morgan fingerprint density at radius 3 is 2.64 bits per heavy atom. The molecule has 0 spiro atoms. The third kappa shape index (κ3) is 5.87. The molecular formula is C26H30FN3O3. The molecular weight excluding hydrogens is 421 g/mol. The van der Waals surface area contributed by atoms with Gasteiger partial charge in [-0.15, -0.1) is 6.58 Å². The number of hydrogen-bond donors (Lipinski definition) is 1. The number of aliphatic hydroxyl groups excluding tert-OH is 1. The highest BCUT2D eigenvalue weighted by atomic mass is 19.1. The highest BCUT2D eigenvalue weighted by Crippen LogP contribution is 2.37. The van der Waals surface area contributed by atoms with E-state index >= 15 is 0 Å². The molecule has 2 aromatic carbocycles. The van der Waals surface area contributed by atoms with Gasteiger partial charge >= 0.3 is 0 Å². The van der Waals surface area contributed by atoms with Crippen LogP contribution in [0.2, 0.25) is 0 Å². The quantitative estimate of drug-likeness (QED) is 0.324. The lowest BCUT2D eigenvalue weighted by Crippen LogP contribution is -2.36. The average molecular weight is 452 g/mol. The summed E-state index contributed by atoms with van der Waals surface area (Å²) in [6.45, 7) is 5.27. The summed E-state index contributed by atoms with van der Waals surface area (Å²) < 4.78 is 27.5. The summed E-state index contributed by atoms with van der Waals surface area (Å²) in [4.78, 5) is 2.24. The first-order valence-electron chi connectivity index (χ1n) is 11.2. The van der Waals surface area contributed by atoms with Crippen molar-refractivity contribution in [2.75, 3.05) is 19.8 Å². The summed E-state index contributed by atoms with van der Waals surface area (Å²) in [6.07, 6.45) is 3.19. The van der Waals surface area contributed by atoms with Crippen LogP contribution in [0.25, 0.3) is 11.3 Å². The maximum absolute atomic E-state index is 14.4. The molecule has 174 valence electrons. The molecule has 1 N–H and O–H groups in total. The molecule has 0 aliphatic heterocycles. The van der Waals surface area contributed by atoms with E-state index < -0.39 is 11.9 Å². The molecule has 1 aliphatic carbocycles. The van der Waals surface area contributed by atoms with Gasteiger partial charge in [0.05, 0.1) is 24.9 Å². The van der Waals surface area contributed by atoms with E-state index in [0.29, 0.717) is 31.6 Å². The summed E-state index contributed by atoms with van der Waals surface area (Å²) >= 11 is 0. The maximum Gasteiger partial charge on any atom is 0.222 e. The van der Waals surface area contributed by atoms with Gasteiger partial charge in [-0.3, -0.25) is 4.90 Å². The summed E-state index contributed by atoms with van der Waals surface area (Å²) in [6, 6.07) is 16.6. The summed E-state index contributed by atoms with van der Waals surface area (Å²) in [7, 11) is 1.80. The first-order valence-corrected chi connectivity index (χ1v) is 11.2. The molecule has 4 rings (SSSR count). The Bertz CT molecular complexity index is 1070. The lowest BCUT2D eigenvalue weighted by Gasteiger charge is -2.25. The van der Waals surface area contributed by atoms with Crippen molar-refractivity contribution in [3.63, 3.8) is 0 Å². The molecule has 0 radical (unpaired) electrons. The van der Waals surface area contributed by atoms with Crippen LogP contribution in [0, 0.1) is 5.82 Å². The van der Waals surface area contributed by atoms with Crippen LogP contribution in [0.5, 0.6) is 11.6 Å². The van der Waals surface area contributed by atoms with Crippen molar-refractivity contribution < 1.29 is 19.0 Å². The highest BCUT2D eigenvalue weighted by molar-refractivity contribution is 5.65. The molecule has 0 saturated heterocycles. The minimum Gasteiger partial charge on any atom is -0.436 e. The molecule has 1 unspecified atom stereocenters. The molecule has 1 heterocycles. The molecule has 1 aliphatic rings. The summed E-state index contributed by atoms with van der Waals surface area (Å²) in [5, 5.41) is 15.3. The Morgan fingerprint density at radius 1 is 1.21 bits per heavy atom. The van der Waals surface area contributed by atoms with Crippen LogP contribution >= 0.6 is 0 Å². The third-order valence-corrected chi connectivity index (χ3v) is 5.59. The van der Waals surface area contributed by atoms with Crippen LogP contribution in [-0.4, -0.2) is 51.7 Å². The zero-order valence-corrected chi connectivity index (χ0v) is 18.9. The van der Waals surface area contributed by atoms with Crippen LogP contribution in [0.4, 0.5) is 4.39 Å². The minimum absolute atomic E-state index is 0.150. The van der Waals surface area contributed by atoms with Gasteiger partial charge in [0.25, 0.3) is 0 Å². The fraction of sp³-hybridized carbons (Fsp3) is 0.346. The van der Waals surface area contributed by atoms with E-state index in [-0.39, 0.29) is 12.4 Å². The topological polar surface area (TPSA) is 59.8 Å². The molecule has 0 bridgehead atoms. The lowest BCUT2D eigenvalue weighted by molar-refractivity contribution is 0.0227. The van der Waals surface area contributed by atoms with Crippen molar-refractivity contribution in [2.24, 2.45) is 7.05 Å². The first kappa shape index (κ1) is 23.2. The average Bonchev–Trinajstić information content (AvgIpc) is 3.62. The van der Waals surface area contributed by atoms with Crippen LogP contribution < -0.4 is 4.74 Å². The molecule has 1 aromatic heterocycles. The Kier molecular flexibility index (Phi) is 7.54. The fourth-order valence-corrected chi connectivity index (χ4v) is 3.88. The van der Waals surface area contributed by atoms with Crippen molar-refractivity contribution in [3.05, 3.63) is 78.6 Å². The monoisotopic (exact) mass is 451 g/mol. The third-order valence-electron chi connectivity index (χ3n) is 5.59. The van der Waals surface area contributed by atoms with Crippen LogP contribution in [0.15, 0.2) is 67.3 Å². The van der Waals surface area contributed by atoms with Crippen molar-refractivity contribution in [1.29, 1.82) is 0 Å². The zero-order chi connectivity index (χ0) is 23.2. The Hall–Kier alpha value is -3.00. The summed E-state index contributed by atoms with van der Waals surface area (Å²) in [5.74, 6) is 0.207. The van der Waals surface area contributed by atoms with Crippen molar-refractivity contribution in [1.82, 2.24) is 14.7 Å². The molecule has 0 amide bonds. The van der Waals surface area contributed by atoms with E-state index in [2.05, 4.69) is 11.5 Å². The van der Waals surface area contributed by atoms with Crippen molar-refractivity contribution in [3.8, 4) is 22.9 Å². The van der Waals surface area contributed by atoms with Gasteiger partial charge in [0, 0.05) is 31.7 Å². The van der Waals surface area contributed by atoms with E-state index in [1.54, 1.807) is 36.0 Å². The van der Waals surface area contributed by atoms with Crippen molar-refractivity contribution in [2.45, 2.75) is 31.5 Å². The van der Waals surface area contributed by atoms with Gasteiger partial charge in [-0.2, -0.15) is 5.10 Å². The Morgan fingerprint density at radius 2 is 1.94 bits per heavy atom. The van der Waals surface area contributed by atoms with Gasteiger partial charge in [0.1, 0.15) is 5.69 Å². The predicted molar refractivity (Wildman–Crippen MR) is 126 cm³/mol. The second kappa shape index (κ2) is 10.7. The van der Waals surface area contributed by atoms with Gasteiger partial charge in [-0.1, -0.05) is 48.5 Å². The number of rotatable bonds is 12. The number of aromatic nitrogens is 2. The number of nitrogens with zero attached hydrogens (tertiary/aromatic N) is 3. The van der Waals surface area contributed by atoms with Gasteiger partial charge in [0.2, 0.25) is 5.88 Å². The highest BCUT2D eigenvalue weighted by Gasteiger charge is 2.33. The number of para-hydroxylation sites is 1. The standard InChI is InChI=1S/C26H30FN3O3/c1-3-15-32-18-21(31)16-30(20-13-14-20)17-22-25(19-9-5-4-6-10-19)28-29(2)26(22)33-24-12-8-7-11-23(24)27/h3-12,20-21,31H,1,13-18H2,2H3. The van der Waals surface area contributed by atoms with Crippen LogP contribution in [0.3, 0.4) is 0 Å². The molecule has 33 heavy (non-hydrogen) atoms. The number of benzene rings is 2. The van der Waals surface area contributed by atoms with E-state index in [0.717, 1.165) is 29.7 Å². The zero-order valence-electron chi connectivity index (χ0n) is 18.9. The van der Waals surface area contributed by atoms with E-state index in [1.807, 2.05) is 30.3 Å². The van der Waals surface area contributed by atoms with Crippen LogP contribution in [-0.2, 0) is 18.3 Å². The lowest BCUT2D eigenvalue weighted by atomic mass is 10.1. The first-order chi connectivity index (χ1) is 16.1. The second-order valence-electron chi connectivity index (χ2n) is 8.30. The summed E-state index contributed by atoms with van der Waals surface area (Å²) in [5.41, 5.74) is 2.60. The SMILES string of the molecule is C=CCOCC(O)CN(Cc1c(-c2ccccc2)nn(C)c1Oc1ccccc1F)C1CC1. The maximum atomic E-state index is 14.4. The number of aryl methyl sites for hydroxylation is 1. The van der Waals surface area contributed by atoms with E-state index in [9.17, 15) is 9.50 Å². The number of hydrogen-bond acceptors (Lipinski definition) is 5. The van der Waals surface area contributed by atoms with Gasteiger partial charge < -0.3 is 14.6 Å². The smallest absolute Gasteiger partial charge is 0.222 e. The van der Waals surface area contributed by atoms with Crippen LogP contribution in [0.1, 0.15) is 18.4 Å². The molecule has 3 aromatic rings. The molecule has 1 saturated carbocycles. The number of aliphatic hydroxyl groups is 1. The van der Waals surface area contributed by atoms with Gasteiger partial charge in [-0.25, -0.2) is 9.07 Å². The molecule has 7 heteroatoms. The van der Waals surface area contributed by atoms with E-state index in [4.69, 9.17) is 14.6 Å². The van der Waals surface area contributed by atoms with Crippen molar-refractivity contribution >= 4 is 0 Å². The molecule has 1 fully saturated rings. The largest absolute Gasteiger partial charge is 0.436 e. The normalized spacial score (nSPS) is 14.4. The number of halogens is 1. The van der Waals surface area contributed by atoms with Gasteiger partial charge in [0.15, 0.2) is 11.6 Å². The number of ether oxygens (including phenoxy) is 2. The minimum atomic E-state index is -0.627. The molecule has 6 nitrogen and oxygen atoms in total.